The monoisotopic (exact) mass is 480 g/mol. The Morgan fingerprint density at radius 3 is 0.912 bits per heavy atom. The molecule has 0 heterocycles. The first kappa shape index (κ1) is 34.0. The molecule has 0 unspecified atom stereocenters. The Morgan fingerprint density at radius 1 is 0.353 bits per heavy atom. The zero-order valence-electron chi connectivity index (χ0n) is 24.8. The second-order valence-corrected chi connectivity index (χ2v) is 11.8. The quantitative estimate of drug-likeness (QED) is 0.0964. The number of unbranched alkanes of at least 4 members (excludes halogenated alkanes) is 21. The predicted molar refractivity (Wildman–Crippen MR) is 158 cm³/mol. The summed E-state index contributed by atoms with van der Waals surface area (Å²) < 4.78 is 0. The molecular formula is C33H69N. The van der Waals surface area contributed by atoms with Crippen LogP contribution in [0.3, 0.4) is 0 Å². The SMILES string of the molecule is CCCCCCCCCCN(CCCCCCCCCC)CCCCCCCCCCC(C)C. The number of nitrogens with zero attached hydrogens (tertiary/aromatic N) is 1. The van der Waals surface area contributed by atoms with Crippen molar-refractivity contribution in [3.8, 4) is 0 Å². The molecule has 0 N–H and O–H groups in total. The van der Waals surface area contributed by atoms with Gasteiger partial charge in [0.2, 0.25) is 0 Å². The first-order valence-corrected chi connectivity index (χ1v) is 16.4. The standard InChI is InChI=1S/C33H69N/c1-5-7-9-11-13-18-22-26-30-34(31-27-23-19-14-12-10-8-6-2)32-28-24-20-16-15-17-21-25-29-33(3)4/h33H,5-32H2,1-4H3. The van der Waals surface area contributed by atoms with E-state index in [9.17, 15) is 0 Å². The Balaban J connectivity index is 3.84. The molecule has 1 heteroatoms. The van der Waals surface area contributed by atoms with E-state index in [0.717, 1.165) is 5.92 Å². The lowest BCUT2D eigenvalue weighted by molar-refractivity contribution is 0.254. The summed E-state index contributed by atoms with van der Waals surface area (Å²) in [5.74, 6) is 0.888. The minimum atomic E-state index is 0.888. The van der Waals surface area contributed by atoms with Crippen LogP contribution in [0.1, 0.15) is 188 Å². The van der Waals surface area contributed by atoms with Crippen molar-refractivity contribution in [2.45, 2.75) is 188 Å². The Morgan fingerprint density at radius 2 is 0.618 bits per heavy atom. The molecule has 34 heavy (non-hydrogen) atoms. The molecule has 1 nitrogen and oxygen atoms in total. The topological polar surface area (TPSA) is 3.24 Å². The summed E-state index contributed by atoms with van der Waals surface area (Å²) in [6.45, 7) is 13.4. The highest BCUT2D eigenvalue weighted by molar-refractivity contribution is 4.61. The molecule has 0 bridgehead atoms. The molecule has 0 aromatic carbocycles. The molecular weight excluding hydrogens is 410 g/mol. The predicted octanol–water partition coefficient (Wildman–Crippen LogP) is 11.7. The Kier molecular flexibility index (Phi) is 29.2. The lowest BCUT2D eigenvalue weighted by Crippen LogP contribution is -2.27. The van der Waals surface area contributed by atoms with Crippen molar-refractivity contribution in [2.75, 3.05) is 19.6 Å². The van der Waals surface area contributed by atoms with E-state index in [1.54, 1.807) is 0 Å². The molecule has 0 rings (SSSR count). The summed E-state index contributed by atoms with van der Waals surface area (Å²) >= 11 is 0. The van der Waals surface area contributed by atoms with Crippen molar-refractivity contribution >= 4 is 0 Å². The third-order valence-corrected chi connectivity index (χ3v) is 7.66. The number of hydrogen-bond donors (Lipinski definition) is 0. The van der Waals surface area contributed by atoms with Gasteiger partial charge in [-0.15, -0.1) is 0 Å². The van der Waals surface area contributed by atoms with Gasteiger partial charge in [-0.1, -0.05) is 169 Å². The van der Waals surface area contributed by atoms with E-state index in [1.807, 2.05) is 0 Å². The van der Waals surface area contributed by atoms with Crippen molar-refractivity contribution in [3.05, 3.63) is 0 Å². The lowest BCUT2D eigenvalue weighted by atomic mass is 10.0. The van der Waals surface area contributed by atoms with Crippen molar-refractivity contribution in [1.82, 2.24) is 4.90 Å². The van der Waals surface area contributed by atoms with Gasteiger partial charge < -0.3 is 4.90 Å². The van der Waals surface area contributed by atoms with Gasteiger partial charge in [0, 0.05) is 0 Å². The average Bonchev–Trinajstić information content (AvgIpc) is 2.82. The van der Waals surface area contributed by atoms with Crippen molar-refractivity contribution < 1.29 is 0 Å². The molecule has 0 saturated carbocycles. The second kappa shape index (κ2) is 29.2. The van der Waals surface area contributed by atoms with Gasteiger partial charge in [-0.2, -0.15) is 0 Å². The summed E-state index contributed by atoms with van der Waals surface area (Å²) in [6, 6.07) is 0. The molecule has 0 saturated heterocycles. The minimum absolute atomic E-state index is 0.888. The Labute approximate surface area is 218 Å². The summed E-state index contributed by atoms with van der Waals surface area (Å²) in [6.07, 6.45) is 36.2. The minimum Gasteiger partial charge on any atom is -0.303 e. The second-order valence-electron chi connectivity index (χ2n) is 11.8. The Bertz CT molecular complexity index is 330. The molecule has 0 aromatic rings. The summed E-state index contributed by atoms with van der Waals surface area (Å²) in [5, 5.41) is 0. The van der Waals surface area contributed by atoms with E-state index < -0.39 is 0 Å². The maximum absolute atomic E-state index is 2.83. The van der Waals surface area contributed by atoms with Crippen molar-refractivity contribution in [1.29, 1.82) is 0 Å². The molecule has 0 radical (unpaired) electrons. The van der Waals surface area contributed by atoms with Crippen LogP contribution in [-0.2, 0) is 0 Å². The smallest absolute Gasteiger partial charge is 0.00187 e. The fraction of sp³-hybridized carbons (Fsp3) is 1.00. The number of rotatable bonds is 29. The molecule has 0 amide bonds. The van der Waals surface area contributed by atoms with Crippen LogP contribution in [0.2, 0.25) is 0 Å². The molecule has 0 aromatic heterocycles. The molecule has 0 atom stereocenters. The molecule has 206 valence electrons. The first-order chi connectivity index (χ1) is 16.7. The molecule has 0 spiro atoms. The van der Waals surface area contributed by atoms with Gasteiger partial charge in [-0.3, -0.25) is 0 Å². The van der Waals surface area contributed by atoms with Gasteiger partial charge in [0.1, 0.15) is 0 Å². The van der Waals surface area contributed by atoms with E-state index in [2.05, 4.69) is 32.6 Å². The molecule has 0 aliphatic carbocycles. The van der Waals surface area contributed by atoms with E-state index in [1.165, 1.54) is 180 Å². The van der Waals surface area contributed by atoms with Crippen LogP contribution in [-0.4, -0.2) is 24.5 Å². The number of hydrogen-bond acceptors (Lipinski definition) is 1. The maximum atomic E-state index is 2.83. The van der Waals surface area contributed by atoms with E-state index in [0.29, 0.717) is 0 Å². The third-order valence-electron chi connectivity index (χ3n) is 7.66. The van der Waals surface area contributed by atoms with Crippen LogP contribution in [0, 0.1) is 5.92 Å². The maximum Gasteiger partial charge on any atom is -0.00187 e. The molecule has 0 aliphatic rings. The first-order valence-electron chi connectivity index (χ1n) is 16.4. The van der Waals surface area contributed by atoms with Crippen molar-refractivity contribution in [2.24, 2.45) is 5.92 Å². The highest BCUT2D eigenvalue weighted by Gasteiger charge is 2.05. The van der Waals surface area contributed by atoms with Crippen molar-refractivity contribution in [3.63, 3.8) is 0 Å². The van der Waals surface area contributed by atoms with Crippen LogP contribution in [0.15, 0.2) is 0 Å². The van der Waals surface area contributed by atoms with Crippen LogP contribution in [0.5, 0.6) is 0 Å². The molecule has 0 aliphatic heterocycles. The fourth-order valence-corrected chi connectivity index (χ4v) is 5.22. The largest absolute Gasteiger partial charge is 0.303 e. The Hall–Kier alpha value is -0.0400. The summed E-state index contributed by atoms with van der Waals surface area (Å²) in [7, 11) is 0. The van der Waals surface area contributed by atoms with Crippen LogP contribution < -0.4 is 0 Å². The van der Waals surface area contributed by atoms with Gasteiger partial charge in [0.25, 0.3) is 0 Å². The molecule has 0 fully saturated rings. The highest BCUT2D eigenvalue weighted by atomic mass is 15.1. The van der Waals surface area contributed by atoms with Crippen LogP contribution in [0.4, 0.5) is 0 Å². The van der Waals surface area contributed by atoms with E-state index in [-0.39, 0.29) is 0 Å². The van der Waals surface area contributed by atoms with Gasteiger partial charge in [-0.05, 0) is 44.8 Å². The van der Waals surface area contributed by atoms with Crippen LogP contribution in [0.25, 0.3) is 0 Å². The van der Waals surface area contributed by atoms with Gasteiger partial charge in [-0.25, -0.2) is 0 Å². The zero-order valence-corrected chi connectivity index (χ0v) is 24.8. The summed E-state index contributed by atoms with van der Waals surface area (Å²) in [4.78, 5) is 2.83. The average molecular weight is 480 g/mol. The van der Waals surface area contributed by atoms with Gasteiger partial charge in [0.15, 0.2) is 0 Å². The highest BCUT2D eigenvalue weighted by Crippen LogP contribution is 2.14. The zero-order chi connectivity index (χ0) is 25.0. The fourth-order valence-electron chi connectivity index (χ4n) is 5.22. The van der Waals surface area contributed by atoms with Crippen LogP contribution >= 0.6 is 0 Å². The van der Waals surface area contributed by atoms with E-state index in [4.69, 9.17) is 0 Å². The van der Waals surface area contributed by atoms with Gasteiger partial charge >= 0.3 is 0 Å². The third kappa shape index (κ3) is 28.2. The summed E-state index contributed by atoms with van der Waals surface area (Å²) in [5.41, 5.74) is 0. The lowest BCUT2D eigenvalue weighted by Gasteiger charge is -2.22. The normalized spacial score (nSPS) is 11.8. The van der Waals surface area contributed by atoms with E-state index >= 15 is 0 Å². The van der Waals surface area contributed by atoms with Gasteiger partial charge in [0.05, 0.1) is 0 Å².